The van der Waals surface area contributed by atoms with Crippen LogP contribution in [0.3, 0.4) is 0 Å². The van der Waals surface area contributed by atoms with Crippen molar-refractivity contribution in [2.75, 3.05) is 32.8 Å². The van der Waals surface area contributed by atoms with Gasteiger partial charge in [0.05, 0.1) is 19.8 Å². The topological polar surface area (TPSA) is 58.6 Å². The Kier molecular flexibility index (Phi) is 4.84. The highest BCUT2D eigenvalue weighted by molar-refractivity contribution is 6.30. The van der Waals surface area contributed by atoms with Crippen molar-refractivity contribution in [1.29, 1.82) is 0 Å². The van der Waals surface area contributed by atoms with E-state index in [2.05, 4.69) is 5.32 Å². The Morgan fingerprint density at radius 3 is 2.60 bits per heavy atom. The zero-order valence-corrected chi connectivity index (χ0v) is 9.42. The number of alkyl halides is 1. The van der Waals surface area contributed by atoms with E-state index in [0.717, 1.165) is 0 Å². The zero-order valence-electron chi connectivity index (χ0n) is 8.66. The zero-order chi connectivity index (χ0) is 11.3. The first-order chi connectivity index (χ1) is 7.11. The summed E-state index contributed by atoms with van der Waals surface area (Å²) in [7, 11) is 0. The van der Waals surface area contributed by atoms with Crippen molar-refractivity contribution in [3.05, 3.63) is 0 Å². The molecule has 1 rings (SSSR count). The molecule has 2 amide bonds. The lowest BCUT2D eigenvalue weighted by Crippen LogP contribution is -2.46. The van der Waals surface area contributed by atoms with E-state index >= 15 is 0 Å². The van der Waals surface area contributed by atoms with E-state index in [-0.39, 0.29) is 18.4 Å². The number of rotatable bonds is 3. The summed E-state index contributed by atoms with van der Waals surface area (Å²) >= 11 is 5.54. The lowest BCUT2D eigenvalue weighted by molar-refractivity contribution is -0.136. The molecule has 1 atom stereocenters. The largest absolute Gasteiger partial charge is 0.378 e. The number of nitrogens with one attached hydrogen (secondary N) is 1. The van der Waals surface area contributed by atoms with E-state index in [1.54, 1.807) is 11.8 Å². The van der Waals surface area contributed by atoms with Crippen molar-refractivity contribution in [2.45, 2.75) is 12.3 Å². The second-order valence-electron chi connectivity index (χ2n) is 3.33. The summed E-state index contributed by atoms with van der Waals surface area (Å²) in [6.07, 6.45) is 0. The van der Waals surface area contributed by atoms with Gasteiger partial charge in [-0.3, -0.25) is 9.59 Å². The van der Waals surface area contributed by atoms with Gasteiger partial charge in [0.1, 0.15) is 5.38 Å². The third kappa shape index (κ3) is 4.05. The molecule has 0 spiro atoms. The summed E-state index contributed by atoms with van der Waals surface area (Å²) in [5.41, 5.74) is 0. The molecule has 1 aliphatic rings. The Hall–Kier alpha value is -0.810. The summed E-state index contributed by atoms with van der Waals surface area (Å²) in [5, 5.41) is 1.87. The van der Waals surface area contributed by atoms with Crippen LogP contribution in [0.1, 0.15) is 6.92 Å². The number of hydrogen-bond acceptors (Lipinski definition) is 3. The Morgan fingerprint density at radius 1 is 1.47 bits per heavy atom. The number of carbonyl (C=O) groups excluding carboxylic acids is 2. The van der Waals surface area contributed by atoms with E-state index < -0.39 is 5.38 Å². The number of amides is 2. The molecule has 1 unspecified atom stereocenters. The van der Waals surface area contributed by atoms with Crippen molar-refractivity contribution < 1.29 is 14.3 Å². The fourth-order valence-corrected chi connectivity index (χ4v) is 1.31. The average Bonchev–Trinajstić information content (AvgIpc) is 2.26. The lowest BCUT2D eigenvalue weighted by atomic mass is 10.4. The van der Waals surface area contributed by atoms with Gasteiger partial charge in [0, 0.05) is 13.1 Å². The highest BCUT2D eigenvalue weighted by Crippen LogP contribution is 1.97. The fourth-order valence-electron chi connectivity index (χ4n) is 1.23. The standard InChI is InChI=1S/C9H15ClN2O3/c1-7(10)9(14)11-6-8(13)12-2-4-15-5-3-12/h7H,2-6H2,1H3,(H,11,14). The predicted octanol–water partition coefficient (Wildman–Crippen LogP) is -0.411. The molecule has 0 bridgehead atoms. The first-order valence-corrected chi connectivity index (χ1v) is 5.32. The Morgan fingerprint density at radius 2 is 2.07 bits per heavy atom. The molecular weight excluding hydrogens is 220 g/mol. The molecule has 5 nitrogen and oxygen atoms in total. The van der Waals surface area contributed by atoms with Crippen LogP contribution < -0.4 is 5.32 Å². The number of hydrogen-bond donors (Lipinski definition) is 1. The smallest absolute Gasteiger partial charge is 0.242 e. The van der Waals surface area contributed by atoms with Gasteiger partial charge < -0.3 is 15.0 Å². The van der Waals surface area contributed by atoms with Crippen molar-refractivity contribution in [3.8, 4) is 0 Å². The number of halogens is 1. The van der Waals surface area contributed by atoms with Crippen LogP contribution in [0.2, 0.25) is 0 Å². The maximum Gasteiger partial charge on any atom is 0.242 e. The van der Waals surface area contributed by atoms with Gasteiger partial charge in [-0.25, -0.2) is 0 Å². The maximum atomic E-state index is 11.5. The van der Waals surface area contributed by atoms with Gasteiger partial charge in [-0.1, -0.05) is 0 Å². The minimum atomic E-state index is -0.609. The van der Waals surface area contributed by atoms with Crippen LogP contribution >= 0.6 is 11.6 Å². The van der Waals surface area contributed by atoms with Gasteiger partial charge in [0.25, 0.3) is 0 Å². The molecule has 1 aliphatic heterocycles. The van der Waals surface area contributed by atoms with Gasteiger partial charge in [0.15, 0.2) is 0 Å². The van der Waals surface area contributed by atoms with Crippen molar-refractivity contribution in [2.24, 2.45) is 0 Å². The maximum absolute atomic E-state index is 11.5. The van der Waals surface area contributed by atoms with Gasteiger partial charge in [-0.2, -0.15) is 0 Å². The second-order valence-corrected chi connectivity index (χ2v) is 3.98. The van der Waals surface area contributed by atoms with Crippen LogP contribution in [-0.4, -0.2) is 54.9 Å². The summed E-state index contributed by atoms with van der Waals surface area (Å²) in [5.74, 6) is -0.415. The van der Waals surface area contributed by atoms with Crippen LogP contribution in [0.4, 0.5) is 0 Å². The molecule has 15 heavy (non-hydrogen) atoms. The van der Waals surface area contributed by atoms with Crippen LogP contribution in [0.25, 0.3) is 0 Å². The molecule has 0 aromatic heterocycles. The molecule has 0 aromatic carbocycles. The molecule has 0 saturated carbocycles. The predicted molar refractivity (Wildman–Crippen MR) is 55.7 cm³/mol. The van der Waals surface area contributed by atoms with Crippen molar-refractivity contribution in [3.63, 3.8) is 0 Å². The molecule has 86 valence electrons. The molecular formula is C9H15ClN2O3. The molecule has 6 heteroatoms. The summed E-state index contributed by atoms with van der Waals surface area (Å²) in [6, 6.07) is 0. The Balaban J connectivity index is 2.26. The van der Waals surface area contributed by atoms with Crippen LogP contribution in [0, 0.1) is 0 Å². The van der Waals surface area contributed by atoms with Gasteiger partial charge >= 0.3 is 0 Å². The van der Waals surface area contributed by atoms with Crippen LogP contribution in [0.5, 0.6) is 0 Å². The molecule has 1 saturated heterocycles. The number of morpholine rings is 1. The Bertz CT molecular complexity index is 240. The molecule has 0 aromatic rings. The highest BCUT2D eigenvalue weighted by Gasteiger charge is 2.18. The quantitative estimate of drug-likeness (QED) is 0.676. The Labute approximate surface area is 93.7 Å². The van der Waals surface area contributed by atoms with Gasteiger partial charge in [-0.05, 0) is 6.92 Å². The fraction of sp³-hybridized carbons (Fsp3) is 0.778. The van der Waals surface area contributed by atoms with E-state index in [9.17, 15) is 9.59 Å². The lowest BCUT2D eigenvalue weighted by Gasteiger charge is -2.26. The molecule has 1 N–H and O–H groups in total. The average molecular weight is 235 g/mol. The summed E-state index contributed by atoms with van der Waals surface area (Å²) in [4.78, 5) is 24.3. The molecule has 1 heterocycles. The van der Waals surface area contributed by atoms with E-state index in [1.807, 2.05) is 0 Å². The minimum absolute atomic E-state index is 0.00981. The van der Waals surface area contributed by atoms with Crippen molar-refractivity contribution in [1.82, 2.24) is 10.2 Å². The third-order valence-corrected chi connectivity index (χ3v) is 2.34. The first-order valence-electron chi connectivity index (χ1n) is 4.88. The second kappa shape index (κ2) is 5.92. The number of nitrogens with zero attached hydrogens (tertiary/aromatic N) is 1. The highest BCUT2D eigenvalue weighted by atomic mass is 35.5. The minimum Gasteiger partial charge on any atom is -0.378 e. The molecule has 1 fully saturated rings. The molecule has 0 radical (unpaired) electrons. The number of carbonyl (C=O) groups is 2. The van der Waals surface area contributed by atoms with Crippen LogP contribution in [-0.2, 0) is 14.3 Å². The van der Waals surface area contributed by atoms with Gasteiger partial charge in [-0.15, -0.1) is 11.6 Å². The van der Waals surface area contributed by atoms with Crippen molar-refractivity contribution >= 4 is 23.4 Å². The van der Waals surface area contributed by atoms with E-state index in [1.165, 1.54) is 0 Å². The normalized spacial score (nSPS) is 18.4. The van der Waals surface area contributed by atoms with E-state index in [0.29, 0.717) is 26.3 Å². The number of ether oxygens (including phenoxy) is 1. The first kappa shape index (κ1) is 12.3. The van der Waals surface area contributed by atoms with Crippen LogP contribution in [0.15, 0.2) is 0 Å². The SMILES string of the molecule is CC(Cl)C(=O)NCC(=O)N1CCOCC1. The molecule has 0 aliphatic carbocycles. The van der Waals surface area contributed by atoms with Gasteiger partial charge in [0.2, 0.25) is 11.8 Å². The third-order valence-electron chi connectivity index (χ3n) is 2.14. The van der Waals surface area contributed by atoms with E-state index in [4.69, 9.17) is 16.3 Å². The summed E-state index contributed by atoms with van der Waals surface area (Å²) < 4.78 is 5.11. The monoisotopic (exact) mass is 234 g/mol. The summed E-state index contributed by atoms with van der Waals surface area (Å²) in [6.45, 7) is 3.87.